The Labute approximate surface area is 122 Å². The zero-order valence-corrected chi connectivity index (χ0v) is 12.5. The van der Waals surface area contributed by atoms with Crippen LogP contribution in [0, 0.1) is 5.92 Å². The van der Waals surface area contributed by atoms with Crippen LogP contribution in [0.4, 0.5) is 0 Å². The van der Waals surface area contributed by atoms with Crippen LogP contribution in [0.1, 0.15) is 42.9 Å². The number of ether oxygens (including phenoxy) is 1. The molecule has 1 unspecified atom stereocenters. The summed E-state index contributed by atoms with van der Waals surface area (Å²) in [4.78, 5) is 2.68. The Hall–Kier alpha value is -1.06. The number of piperidine rings is 1. The Balaban J connectivity index is 1.76. The quantitative estimate of drug-likeness (QED) is 0.921. The van der Waals surface area contributed by atoms with Gasteiger partial charge in [-0.2, -0.15) is 0 Å². The number of methoxy groups -OCH3 is 1. The molecule has 0 aromatic heterocycles. The standard InChI is InChI=1S/C17H26N2O/c1-20-15-5-6-16-14(11-15)3-2-4-17(16)19-9-7-13(12-18)8-10-19/h5-6,11,13,17H,2-4,7-10,12,18H2,1H3. The summed E-state index contributed by atoms with van der Waals surface area (Å²) in [5, 5.41) is 0. The highest BCUT2D eigenvalue weighted by molar-refractivity contribution is 5.39. The van der Waals surface area contributed by atoms with E-state index in [0.717, 1.165) is 18.2 Å². The van der Waals surface area contributed by atoms with E-state index in [1.54, 1.807) is 7.11 Å². The van der Waals surface area contributed by atoms with Crippen molar-refractivity contribution in [2.75, 3.05) is 26.7 Å². The predicted octanol–water partition coefficient (Wildman–Crippen LogP) is 2.74. The first-order valence-corrected chi connectivity index (χ1v) is 7.92. The van der Waals surface area contributed by atoms with Gasteiger partial charge in [-0.1, -0.05) is 6.07 Å². The monoisotopic (exact) mass is 274 g/mol. The molecule has 1 saturated heterocycles. The minimum Gasteiger partial charge on any atom is -0.497 e. The molecule has 20 heavy (non-hydrogen) atoms. The Bertz CT molecular complexity index is 452. The largest absolute Gasteiger partial charge is 0.497 e. The first kappa shape index (κ1) is 13.9. The number of nitrogens with two attached hydrogens (primary N) is 1. The van der Waals surface area contributed by atoms with E-state index < -0.39 is 0 Å². The van der Waals surface area contributed by atoms with Gasteiger partial charge in [0.2, 0.25) is 0 Å². The molecule has 110 valence electrons. The summed E-state index contributed by atoms with van der Waals surface area (Å²) in [5.74, 6) is 1.73. The molecule has 0 spiro atoms. The van der Waals surface area contributed by atoms with Crippen LogP contribution in [0.2, 0.25) is 0 Å². The molecular formula is C17H26N2O. The van der Waals surface area contributed by atoms with Crippen molar-refractivity contribution in [1.82, 2.24) is 4.90 Å². The van der Waals surface area contributed by atoms with E-state index in [2.05, 4.69) is 23.1 Å². The van der Waals surface area contributed by atoms with Gasteiger partial charge in [-0.05, 0) is 80.9 Å². The molecule has 0 amide bonds. The van der Waals surface area contributed by atoms with Gasteiger partial charge in [0.1, 0.15) is 5.75 Å². The maximum absolute atomic E-state index is 5.80. The third-order valence-electron chi connectivity index (χ3n) is 5.06. The molecule has 1 fully saturated rings. The summed E-state index contributed by atoms with van der Waals surface area (Å²) in [6, 6.07) is 7.24. The summed E-state index contributed by atoms with van der Waals surface area (Å²) in [7, 11) is 1.75. The molecular weight excluding hydrogens is 248 g/mol. The molecule has 1 aliphatic heterocycles. The van der Waals surface area contributed by atoms with Crippen LogP contribution in [-0.2, 0) is 6.42 Å². The van der Waals surface area contributed by atoms with Crippen LogP contribution in [0.3, 0.4) is 0 Å². The number of benzene rings is 1. The summed E-state index contributed by atoms with van der Waals surface area (Å²) in [6.07, 6.45) is 6.31. The van der Waals surface area contributed by atoms with Crippen LogP contribution in [-0.4, -0.2) is 31.6 Å². The second-order valence-electron chi connectivity index (χ2n) is 6.19. The Kier molecular flexibility index (Phi) is 4.27. The lowest BCUT2D eigenvalue weighted by Crippen LogP contribution is -2.39. The van der Waals surface area contributed by atoms with Gasteiger partial charge in [0.15, 0.2) is 0 Å². The fraction of sp³-hybridized carbons (Fsp3) is 0.647. The van der Waals surface area contributed by atoms with Gasteiger partial charge in [0, 0.05) is 6.04 Å². The molecule has 1 aliphatic carbocycles. The minimum absolute atomic E-state index is 0.614. The lowest BCUT2D eigenvalue weighted by molar-refractivity contribution is 0.122. The van der Waals surface area contributed by atoms with Crippen molar-refractivity contribution in [3.8, 4) is 5.75 Å². The molecule has 0 bridgehead atoms. The van der Waals surface area contributed by atoms with Gasteiger partial charge in [-0.15, -0.1) is 0 Å². The van der Waals surface area contributed by atoms with Gasteiger partial charge in [-0.3, -0.25) is 4.90 Å². The number of fused-ring (bicyclic) bond motifs is 1. The van der Waals surface area contributed by atoms with E-state index >= 15 is 0 Å². The molecule has 1 aromatic rings. The number of hydrogen-bond acceptors (Lipinski definition) is 3. The molecule has 3 heteroatoms. The van der Waals surface area contributed by atoms with Gasteiger partial charge in [0.25, 0.3) is 0 Å². The summed E-state index contributed by atoms with van der Waals surface area (Å²) >= 11 is 0. The van der Waals surface area contributed by atoms with E-state index in [1.807, 2.05) is 0 Å². The molecule has 3 nitrogen and oxygen atoms in total. The topological polar surface area (TPSA) is 38.5 Å². The molecule has 2 N–H and O–H groups in total. The van der Waals surface area contributed by atoms with Gasteiger partial charge < -0.3 is 10.5 Å². The highest BCUT2D eigenvalue weighted by Gasteiger charge is 2.29. The van der Waals surface area contributed by atoms with Gasteiger partial charge in [0.05, 0.1) is 7.11 Å². The predicted molar refractivity (Wildman–Crippen MR) is 82.0 cm³/mol. The lowest BCUT2D eigenvalue weighted by Gasteiger charge is -2.40. The molecule has 1 aromatic carbocycles. The second-order valence-corrected chi connectivity index (χ2v) is 6.19. The fourth-order valence-corrected chi connectivity index (χ4v) is 3.77. The van der Waals surface area contributed by atoms with E-state index in [4.69, 9.17) is 10.5 Å². The smallest absolute Gasteiger partial charge is 0.119 e. The number of nitrogens with zero attached hydrogens (tertiary/aromatic N) is 1. The van der Waals surface area contributed by atoms with Crippen LogP contribution in [0.5, 0.6) is 5.75 Å². The summed E-state index contributed by atoms with van der Waals surface area (Å²) < 4.78 is 5.36. The van der Waals surface area contributed by atoms with Gasteiger partial charge in [-0.25, -0.2) is 0 Å². The first-order chi connectivity index (χ1) is 9.81. The van der Waals surface area contributed by atoms with E-state index in [0.29, 0.717) is 6.04 Å². The Morgan fingerprint density at radius 2 is 2.05 bits per heavy atom. The fourth-order valence-electron chi connectivity index (χ4n) is 3.77. The van der Waals surface area contributed by atoms with Crippen molar-refractivity contribution in [3.05, 3.63) is 29.3 Å². The Morgan fingerprint density at radius 3 is 2.75 bits per heavy atom. The minimum atomic E-state index is 0.614. The van der Waals surface area contributed by atoms with E-state index in [-0.39, 0.29) is 0 Å². The number of likely N-dealkylation sites (tertiary alicyclic amines) is 1. The van der Waals surface area contributed by atoms with Crippen molar-refractivity contribution >= 4 is 0 Å². The molecule has 0 radical (unpaired) electrons. The van der Waals surface area contributed by atoms with Crippen molar-refractivity contribution in [2.24, 2.45) is 11.7 Å². The zero-order chi connectivity index (χ0) is 13.9. The highest BCUT2D eigenvalue weighted by Crippen LogP contribution is 2.37. The molecule has 3 rings (SSSR count). The summed E-state index contributed by atoms with van der Waals surface area (Å²) in [5.41, 5.74) is 8.82. The highest BCUT2D eigenvalue weighted by atomic mass is 16.5. The molecule has 1 heterocycles. The van der Waals surface area contributed by atoms with E-state index in [1.165, 1.54) is 56.3 Å². The van der Waals surface area contributed by atoms with Crippen molar-refractivity contribution < 1.29 is 4.74 Å². The average molecular weight is 274 g/mol. The molecule has 1 atom stereocenters. The van der Waals surface area contributed by atoms with Crippen molar-refractivity contribution in [1.29, 1.82) is 0 Å². The van der Waals surface area contributed by atoms with Crippen molar-refractivity contribution in [3.63, 3.8) is 0 Å². The van der Waals surface area contributed by atoms with E-state index in [9.17, 15) is 0 Å². The zero-order valence-electron chi connectivity index (χ0n) is 12.5. The normalized spacial score (nSPS) is 24.4. The van der Waals surface area contributed by atoms with Crippen LogP contribution >= 0.6 is 0 Å². The summed E-state index contributed by atoms with van der Waals surface area (Å²) in [6.45, 7) is 3.27. The average Bonchev–Trinajstić information content (AvgIpc) is 2.54. The number of rotatable bonds is 3. The SMILES string of the molecule is COc1ccc2c(c1)CCCC2N1CCC(CN)CC1. The second kappa shape index (κ2) is 6.15. The Morgan fingerprint density at radius 1 is 1.25 bits per heavy atom. The number of hydrogen-bond donors (Lipinski definition) is 1. The third kappa shape index (κ3) is 2.70. The van der Waals surface area contributed by atoms with Crippen LogP contribution in [0.25, 0.3) is 0 Å². The lowest BCUT2D eigenvalue weighted by atomic mass is 9.85. The molecule has 0 saturated carbocycles. The third-order valence-corrected chi connectivity index (χ3v) is 5.06. The van der Waals surface area contributed by atoms with Crippen LogP contribution < -0.4 is 10.5 Å². The van der Waals surface area contributed by atoms with Crippen LogP contribution in [0.15, 0.2) is 18.2 Å². The first-order valence-electron chi connectivity index (χ1n) is 7.92. The maximum Gasteiger partial charge on any atom is 0.119 e. The maximum atomic E-state index is 5.80. The molecule has 2 aliphatic rings. The van der Waals surface area contributed by atoms with Crippen molar-refractivity contribution in [2.45, 2.75) is 38.1 Å². The van der Waals surface area contributed by atoms with Gasteiger partial charge >= 0.3 is 0 Å². The number of aryl methyl sites for hydroxylation is 1.